The van der Waals surface area contributed by atoms with Gasteiger partial charge in [0.15, 0.2) is 0 Å². The smallest absolute Gasteiger partial charge is 0.444 e. The van der Waals surface area contributed by atoms with Crippen LogP contribution in [0.15, 0.2) is 24.3 Å². The van der Waals surface area contributed by atoms with Gasteiger partial charge in [-0.15, -0.1) is 0 Å². The second-order valence-electron chi connectivity index (χ2n) is 11.4. The van der Waals surface area contributed by atoms with Gasteiger partial charge in [0.05, 0.1) is 23.5 Å². The second-order valence-corrected chi connectivity index (χ2v) is 13.2. The van der Waals surface area contributed by atoms with Crippen molar-refractivity contribution in [1.29, 1.82) is 0 Å². The Morgan fingerprint density at radius 1 is 1.21 bits per heavy atom. The number of carbonyl (C=O) groups excluding carboxylic acids is 1. The molecule has 0 aliphatic carbocycles. The van der Waals surface area contributed by atoms with Gasteiger partial charge in [-0.1, -0.05) is 24.3 Å². The number of amides is 1. The van der Waals surface area contributed by atoms with Crippen LogP contribution in [-0.4, -0.2) is 68.2 Å². The molecule has 0 saturated carbocycles. The third-order valence-corrected chi connectivity index (χ3v) is 7.42. The van der Waals surface area contributed by atoms with E-state index in [0.29, 0.717) is 25.8 Å². The first-order valence-electron chi connectivity index (χ1n) is 11.9. The van der Waals surface area contributed by atoms with E-state index in [-0.39, 0.29) is 6.04 Å². The van der Waals surface area contributed by atoms with Gasteiger partial charge >= 0.3 is 13.2 Å². The van der Waals surface area contributed by atoms with Crippen LogP contribution in [0, 0.1) is 0 Å². The SMILES string of the molecule is CC(C)(C)OC(=O)N1CCCC(NS(C)(=O)=O)C1Cc1cccc(B2OC(C)(C)C(C)(C)O2)c1. The lowest BCUT2D eigenvalue weighted by Gasteiger charge is -2.41. The first-order valence-corrected chi connectivity index (χ1v) is 13.8. The summed E-state index contributed by atoms with van der Waals surface area (Å²) in [6, 6.07) is 7.11. The van der Waals surface area contributed by atoms with E-state index in [1.54, 1.807) is 4.90 Å². The standard InChI is InChI=1S/C24H39BN2O6S/c1-22(2,3)31-21(28)27-14-10-13-19(26-34(8,29)30)20(27)16-17-11-9-12-18(15-17)25-32-23(4,5)24(6,7)33-25/h9,11-12,15,19-20,26H,10,13-14,16H2,1-8H3. The molecule has 1 N–H and O–H groups in total. The molecule has 2 heterocycles. The number of rotatable bonds is 5. The predicted octanol–water partition coefficient (Wildman–Crippen LogP) is 2.85. The van der Waals surface area contributed by atoms with Crippen LogP contribution >= 0.6 is 0 Å². The number of sulfonamides is 1. The molecule has 0 aromatic heterocycles. The summed E-state index contributed by atoms with van der Waals surface area (Å²) in [7, 11) is -3.95. The van der Waals surface area contributed by atoms with E-state index < -0.39 is 46.1 Å². The topological polar surface area (TPSA) is 94.2 Å². The molecule has 2 aliphatic heterocycles. The van der Waals surface area contributed by atoms with Crippen molar-refractivity contribution in [3.63, 3.8) is 0 Å². The Bertz CT molecular complexity index is 989. The highest BCUT2D eigenvalue weighted by molar-refractivity contribution is 7.88. The van der Waals surface area contributed by atoms with Crippen LogP contribution in [0.5, 0.6) is 0 Å². The lowest BCUT2D eigenvalue weighted by atomic mass is 9.77. The van der Waals surface area contributed by atoms with Crippen molar-refractivity contribution >= 4 is 28.7 Å². The Morgan fingerprint density at radius 2 is 1.82 bits per heavy atom. The predicted molar refractivity (Wildman–Crippen MR) is 134 cm³/mol. The molecule has 34 heavy (non-hydrogen) atoms. The van der Waals surface area contributed by atoms with E-state index in [9.17, 15) is 13.2 Å². The Kier molecular flexibility index (Phi) is 7.50. The number of carbonyl (C=O) groups is 1. The fraction of sp³-hybridized carbons (Fsp3) is 0.708. The van der Waals surface area contributed by atoms with Gasteiger partial charge in [0.25, 0.3) is 0 Å². The van der Waals surface area contributed by atoms with E-state index in [4.69, 9.17) is 14.0 Å². The maximum absolute atomic E-state index is 13.0. The number of likely N-dealkylation sites (tertiary alicyclic amines) is 1. The first kappa shape index (κ1) is 27.0. The zero-order valence-electron chi connectivity index (χ0n) is 21.7. The average molecular weight is 494 g/mol. The molecule has 2 saturated heterocycles. The molecule has 1 aromatic rings. The molecular weight excluding hydrogens is 455 g/mol. The second kappa shape index (κ2) is 9.45. The summed E-state index contributed by atoms with van der Waals surface area (Å²) in [5.41, 5.74) is 0.316. The molecule has 0 bridgehead atoms. The summed E-state index contributed by atoms with van der Waals surface area (Å²) in [4.78, 5) is 14.7. The number of benzene rings is 1. The quantitative estimate of drug-likeness (QED) is 0.633. The molecule has 1 aromatic carbocycles. The zero-order chi connectivity index (χ0) is 25.5. The molecule has 3 rings (SSSR count). The molecule has 2 aliphatic rings. The van der Waals surface area contributed by atoms with Crippen molar-refractivity contribution in [2.45, 2.75) is 96.6 Å². The normalized spacial score (nSPS) is 24.8. The molecule has 8 nitrogen and oxygen atoms in total. The molecule has 2 unspecified atom stereocenters. The largest absolute Gasteiger partial charge is 0.494 e. The van der Waals surface area contributed by atoms with Crippen LogP contribution in [0.4, 0.5) is 4.79 Å². The number of nitrogens with one attached hydrogen (secondary N) is 1. The fourth-order valence-electron chi connectivity index (χ4n) is 4.36. The van der Waals surface area contributed by atoms with Crippen LogP contribution in [0.1, 0.15) is 66.9 Å². The Balaban J connectivity index is 1.88. The third kappa shape index (κ3) is 6.53. The maximum Gasteiger partial charge on any atom is 0.494 e. The van der Waals surface area contributed by atoms with Crippen LogP contribution in [-0.2, 0) is 30.5 Å². The van der Waals surface area contributed by atoms with Crippen molar-refractivity contribution in [3.05, 3.63) is 29.8 Å². The highest BCUT2D eigenvalue weighted by atomic mass is 32.2. The van der Waals surface area contributed by atoms with Gasteiger partial charge in [-0.2, -0.15) is 0 Å². The van der Waals surface area contributed by atoms with Crippen LogP contribution in [0.2, 0.25) is 0 Å². The van der Waals surface area contributed by atoms with Crippen molar-refractivity contribution in [3.8, 4) is 0 Å². The van der Waals surface area contributed by atoms with E-state index in [1.165, 1.54) is 0 Å². The van der Waals surface area contributed by atoms with Crippen molar-refractivity contribution in [1.82, 2.24) is 9.62 Å². The lowest BCUT2D eigenvalue weighted by Crippen LogP contribution is -2.58. The van der Waals surface area contributed by atoms with Gasteiger partial charge in [-0.25, -0.2) is 17.9 Å². The number of ether oxygens (including phenoxy) is 1. The molecule has 1 amide bonds. The Morgan fingerprint density at radius 3 is 2.38 bits per heavy atom. The summed E-state index contributed by atoms with van der Waals surface area (Å²) in [6.07, 6.45) is 2.53. The zero-order valence-corrected chi connectivity index (χ0v) is 22.5. The minimum Gasteiger partial charge on any atom is -0.444 e. The van der Waals surface area contributed by atoms with Gasteiger partial charge in [-0.3, -0.25) is 0 Å². The van der Waals surface area contributed by atoms with Crippen molar-refractivity contribution in [2.75, 3.05) is 12.8 Å². The van der Waals surface area contributed by atoms with Crippen molar-refractivity contribution in [2.24, 2.45) is 0 Å². The minimum absolute atomic E-state index is 0.383. The van der Waals surface area contributed by atoms with E-state index >= 15 is 0 Å². The summed E-state index contributed by atoms with van der Waals surface area (Å²) in [6.45, 7) is 14.0. The molecule has 2 atom stereocenters. The van der Waals surface area contributed by atoms with Crippen LogP contribution in [0.25, 0.3) is 0 Å². The molecular formula is C24H39BN2O6S. The molecule has 0 radical (unpaired) electrons. The van der Waals surface area contributed by atoms with E-state index in [2.05, 4.69) is 4.72 Å². The van der Waals surface area contributed by atoms with Gasteiger partial charge in [0.2, 0.25) is 10.0 Å². The third-order valence-electron chi connectivity index (χ3n) is 6.69. The molecule has 10 heteroatoms. The summed E-state index contributed by atoms with van der Waals surface area (Å²) >= 11 is 0. The number of hydrogen-bond donors (Lipinski definition) is 1. The fourth-order valence-corrected chi connectivity index (χ4v) is 5.18. The maximum atomic E-state index is 13.0. The molecule has 190 valence electrons. The van der Waals surface area contributed by atoms with Gasteiger partial charge < -0.3 is 18.9 Å². The van der Waals surface area contributed by atoms with Crippen molar-refractivity contribution < 1.29 is 27.3 Å². The summed E-state index contributed by atoms with van der Waals surface area (Å²) in [5, 5.41) is 0. The Hall–Kier alpha value is -1.62. The molecule has 0 spiro atoms. The molecule has 2 fully saturated rings. The highest BCUT2D eigenvalue weighted by Gasteiger charge is 2.51. The van der Waals surface area contributed by atoms with E-state index in [0.717, 1.165) is 17.3 Å². The van der Waals surface area contributed by atoms with E-state index in [1.807, 2.05) is 72.7 Å². The average Bonchev–Trinajstić information content (AvgIpc) is 2.88. The first-order chi connectivity index (χ1) is 15.5. The monoisotopic (exact) mass is 494 g/mol. The minimum atomic E-state index is -3.45. The van der Waals surface area contributed by atoms with Gasteiger partial charge in [0.1, 0.15) is 5.60 Å². The van der Waals surface area contributed by atoms with Crippen LogP contribution in [0.3, 0.4) is 0 Å². The van der Waals surface area contributed by atoms with Gasteiger partial charge in [-0.05, 0) is 78.8 Å². The Labute approximate surface area is 204 Å². The van der Waals surface area contributed by atoms with Crippen LogP contribution < -0.4 is 10.2 Å². The lowest BCUT2D eigenvalue weighted by molar-refractivity contribution is 0.00578. The van der Waals surface area contributed by atoms with Gasteiger partial charge in [0, 0.05) is 12.6 Å². The number of piperidine rings is 1. The summed E-state index contributed by atoms with van der Waals surface area (Å²) < 4.78 is 44.9. The highest BCUT2D eigenvalue weighted by Crippen LogP contribution is 2.36. The summed E-state index contributed by atoms with van der Waals surface area (Å²) in [5.74, 6) is 0. The number of hydrogen-bond acceptors (Lipinski definition) is 6. The number of nitrogens with zero attached hydrogens (tertiary/aromatic N) is 1.